The maximum Gasteiger partial charge on any atom is 0.270 e. The lowest BCUT2D eigenvalue weighted by Crippen LogP contribution is -2.52. The van der Waals surface area contributed by atoms with Crippen LogP contribution in [0.4, 0.5) is 0 Å². The summed E-state index contributed by atoms with van der Waals surface area (Å²) < 4.78 is 0. The van der Waals surface area contributed by atoms with Gasteiger partial charge in [-0.05, 0) is 24.0 Å². The first-order chi connectivity index (χ1) is 13.1. The SMILES string of the molecule is CC(C)[C@H](NC(=O)c1cccc(C(=O)N[C@H](C(=O)NN)C(C)C)n1)C(=O)NN. The summed E-state index contributed by atoms with van der Waals surface area (Å²) >= 11 is 0. The van der Waals surface area contributed by atoms with Gasteiger partial charge in [0.25, 0.3) is 23.6 Å². The number of hydrazine groups is 2. The summed E-state index contributed by atoms with van der Waals surface area (Å²) in [5.74, 6) is 7.44. The van der Waals surface area contributed by atoms with Crippen LogP contribution in [-0.2, 0) is 9.59 Å². The minimum Gasteiger partial charge on any atom is -0.339 e. The molecule has 11 nitrogen and oxygen atoms in total. The minimum absolute atomic E-state index is 0.0625. The molecule has 0 aliphatic carbocycles. The van der Waals surface area contributed by atoms with Crippen LogP contribution in [0, 0.1) is 11.8 Å². The van der Waals surface area contributed by atoms with E-state index in [0.29, 0.717) is 0 Å². The highest BCUT2D eigenvalue weighted by molar-refractivity contribution is 5.99. The van der Waals surface area contributed by atoms with Crippen LogP contribution in [0.1, 0.15) is 48.7 Å². The zero-order valence-corrected chi connectivity index (χ0v) is 16.3. The zero-order chi connectivity index (χ0) is 21.4. The van der Waals surface area contributed by atoms with Crippen LogP contribution >= 0.6 is 0 Å². The van der Waals surface area contributed by atoms with Crippen LogP contribution in [0.15, 0.2) is 18.2 Å². The molecule has 0 radical (unpaired) electrons. The number of nitrogens with zero attached hydrogens (tertiary/aromatic N) is 1. The van der Waals surface area contributed by atoms with E-state index in [1.54, 1.807) is 27.7 Å². The molecule has 0 saturated heterocycles. The second-order valence-electron chi connectivity index (χ2n) is 6.82. The molecule has 0 bridgehead atoms. The van der Waals surface area contributed by atoms with Crippen LogP contribution in [-0.4, -0.2) is 40.7 Å². The second kappa shape index (κ2) is 10.3. The molecule has 0 spiro atoms. The highest BCUT2D eigenvalue weighted by Gasteiger charge is 2.26. The molecule has 11 heteroatoms. The van der Waals surface area contributed by atoms with Gasteiger partial charge in [-0.15, -0.1) is 0 Å². The molecule has 0 saturated carbocycles. The Balaban J connectivity index is 2.98. The van der Waals surface area contributed by atoms with Crippen molar-refractivity contribution in [3.05, 3.63) is 29.6 Å². The van der Waals surface area contributed by atoms with E-state index in [4.69, 9.17) is 11.7 Å². The number of aromatic nitrogens is 1. The summed E-state index contributed by atoms with van der Waals surface area (Å²) in [4.78, 5) is 52.5. The average molecular weight is 393 g/mol. The van der Waals surface area contributed by atoms with Crippen molar-refractivity contribution in [3.8, 4) is 0 Å². The Hall–Kier alpha value is -3.05. The van der Waals surface area contributed by atoms with Crippen molar-refractivity contribution in [1.29, 1.82) is 0 Å². The first-order valence-electron chi connectivity index (χ1n) is 8.72. The fourth-order valence-corrected chi connectivity index (χ4v) is 2.37. The second-order valence-corrected chi connectivity index (χ2v) is 6.82. The molecule has 2 atom stereocenters. The van der Waals surface area contributed by atoms with Crippen molar-refractivity contribution in [2.24, 2.45) is 23.5 Å². The van der Waals surface area contributed by atoms with Crippen molar-refractivity contribution in [3.63, 3.8) is 0 Å². The number of pyridine rings is 1. The minimum atomic E-state index is -0.865. The number of carbonyl (C=O) groups is 4. The van der Waals surface area contributed by atoms with Gasteiger partial charge in [0.05, 0.1) is 0 Å². The molecule has 1 aromatic heterocycles. The Bertz CT molecular complexity index is 679. The summed E-state index contributed by atoms with van der Waals surface area (Å²) in [6.45, 7) is 6.97. The molecule has 0 unspecified atom stereocenters. The van der Waals surface area contributed by atoms with E-state index in [1.807, 2.05) is 10.9 Å². The molecule has 8 N–H and O–H groups in total. The molecule has 154 valence electrons. The fraction of sp³-hybridized carbons (Fsp3) is 0.471. The van der Waals surface area contributed by atoms with E-state index in [-0.39, 0.29) is 23.2 Å². The van der Waals surface area contributed by atoms with Crippen molar-refractivity contribution < 1.29 is 19.2 Å². The largest absolute Gasteiger partial charge is 0.339 e. The Morgan fingerprint density at radius 2 is 1.14 bits per heavy atom. The Morgan fingerprint density at radius 1 is 0.786 bits per heavy atom. The monoisotopic (exact) mass is 393 g/mol. The van der Waals surface area contributed by atoms with Gasteiger partial charge in [-0.2, -0.15) is 0 Å². The van der Waals surface area contributed by atoms with Gasteiger partial charge in [0.15, 0.2) is 0 Å². The number of nitrogens with two attached hydrogens (primary N) is 2. The van der Waals surface area contributed by atoms with Crippen LogP contribution in [0.3, 0.4) is 0 Å². The van der Waals surface area contributed by atoms with Crippen molar-refractivity contribution in [2.75, 3.05) is 0 Å². The van der Waals surface area contributed by atoms with Gasteiger partial charge in [-0.1, -0.05) is 33.8 Å². The number of rotatable bonds is 8. The standard InChI is InChI=1S/C17H27N7O4/c1-8(2)12(16(27)23-18)21-14(25)10-6-5-7-11(20-10)15(26)22-13(9(3)4)17(28)24-19/h5-9,12-13H,18-19H2,1-4H3,(H,21,25)(H,22,26)(H,23,27)(H,24,28)/t12-,13-/m0/s1. The van der Waals surface area contributed by atoms with Crippen molar-refractivity contribution in [2.45, 2.75) is 39.8 Å². The lowest BCUT2D eigenvalue weighted by Gasteiger charge is -2.21. The molecule has 0 aromatic carbocycles. The van der Waals surface area contributed by atoms with Gasteiger partial charge in [0.1, 0.15) is 23.5 Å². The zero-order valence-electron chi connectivity index (χ0n) is 16.3. The van der Waals surface area contributed by atoms with E-state index in [1.165, 1.54) is 18.2 Å². The summed E-state index contributed by atoms with van der Waals surface area (Å²) in [6, 6.07) is 2.54. The van der Waals surface area contributed by atoms with Gasteiger partial charge >= 0.3 is 0 Å². The summed E-state index contributed by atoms with van der Waals surface area (Å²) in [6.07, 6.45) is 0. The summed E-state index contributed by atoms with van der Waals surface area (Å²) in [5.41, 5.74) is 3.86. The quantitative estimate of drug-likeness (QED) is 0.178. The first-order valence-corrected chi connectivity index (χ1v) is 8.72. The lowest BCUT2D eigenvalue weighted by molar-refractivity contribution is -0.124. The molecule has 0 aliphatic rings. The highest BCUT2D eigenvalue weighted by Crippen LogP contribution is 2.07. The maximum absolute atomic E-state index is 12.4. The van der Waals surface area contributed by atoms with E-state index in [0.717, 1.165) is 0 Å². The third-order valence-corrected chi connectivity index (χ3v) is 3.97. The topological polar surface area (TPSA) is 181 Å². The van der Waals surface area contributed by atoms with Gasteiger partial charge in [-0.25, -0.2) is 16.7 Å². The highest BCUT2D eigenvalue weighted by atomic mass is 16.2. The van der Waals surface area contributed by atoms with Gasteiger partial charge in [0, 0.05) is 0 Å². The summed E-state index contributed by atoms with van der Waals surface area (Å²) in [5, 5.41) is 5.06. The van der Waals surface area contributed by atoms with Gasteiger partial charge in [-0.3, -0.25) is 30.0 Å². The Morgan fingerprint density at radius 3 is 1.43 bits per heavy atom. The number of hydrogen-bond donors (Lipinski definition) is 6. The average Bonchev–Trinajstić information content (AvgIpc) is 2.68. The third-order valence-electron chi connectivity index (χ3n) is 3.97. The molecule has 1 aromatic rings. The Kier molecular flexibility index (Phi) is 8.48. The van der Waals surface area contributed by atoms with E-state index >= 15 is 0 Å². The maximum atomic E-state index is 12.4. The molecular formula is C17H27N7O4. The third kappa shape index (κ3) is 5.99. The molecule has 0 fully saturated rings. The van der Waals surface area contributed by atoms with E-state index in [2.05, 4.69) is 15.6 Å². The van der Waals surface area contributed by atoms with Crippen LogP contribution in [0.5, 0.6) is 0 Å². The number of nitrogens with one attached hydrogen (secondary N) is 4. The normalized spacial score (nSPS) is 12.9. The lowest BCUT2D eigenvalue weighted by atomic mass is 10.0. The van der Waals surface area contributed by atoms with Crippen LogP contribution < -0.4 is 33.2 Å². The van der Waals surface area contributed by atoms with Crippen LogP contribution in [0.25, 0.3) is 0 Å². The van der Waals surface area contributed by atoms with Crippen molar-refractivity contribution >= 4 is 23.6 Å². The molecular weight excluding hydrogens is 366 g/mol. The summed E-state index contributed by atoms with van der Waals surface area (Å²) in [7, 11) is 0. The van der Waals surface area contributed by atoms with E-state index < -0.39 is 35.7 Å². The predicted molar refractivity (Wildman–Crippen MR) is 101 cm³/mol. The molecule has 1 rings (SSSR count). The first kappa shape index (κ1) is 23.0. The van der Waals surface area contributed by atoms with Gasteiger partial charge in [0.2, 0.25) is 0 Å². The number of amides is 4. The van der Waals surface area contributed by atoms with E-state index in [9.17, 15) is 19.2 Å². The number of hydrogen-bond acceptors (Lipinski definition) is 7. The molecule has 0 aliphatic heterocycles. The van der Waals surface area contributed by atoms with Crippen molar-refractivity contribution in [1.82, 2.24) is 26.5 Å². The molecule has 1 heterocycles. The predicted octanol–water partition coefficient (Wildman–Crippen LogP) is -1.43. The van der Waals surface area contributed by atoms with Gasteiger partial charge < -0.3 is 10.6 Å². The molecule has 4 amide bonds. The smallest absolute Gasteiger partial charge is 0.270 e. The van der Waals surface area contributed by atoms with Crippen LogP contribution in [0.2, 0.25) is 0 Å². The Labute approximate surface area is 162 Å². The fourth-order valence-electron chi connectivity index (χ4n) is 2.37. The number of carbonyl (C=O) groups excluding carboxylic acids is 4. The molecule has 28 heavy (non-hydrogen) atoms.